The van der Waals surface area contributed by atoms with E-state index in [9.17, 15) is 13.9 Å². The molecule has 0 amide bonds. The predicted molar refractivity (Wildman–Crippen MR) is 71.1 cm³/mol. The normalized spacial score (nSPS) is 12.8. The summed E-state index contributed by atoms with van der Waals surface area (Å²) in [6.45, 7) is 0.156. The van der Waals surface area contributed by atoms with Crippen molar-refractivity contribution in [3.05, 3.63) is 66.0 Å². The van der Waals surface area contributed by atoms with E-state index in [0.29, 0.717) is 0 Å². The van der Waals surface area contributed by atoms with Gasteiger partial charge in [0.1, 0.15) is 11.6 Å². The van der Waals surface area contributed by atoms with Crippen LogP contribution in [0.3, 0.4) is 0 Å². The second-order valence-electron chi connectivity index (χ2n) is 4.57. The zero-order valence-electron chi connectivity index (χ0n) is 10.5. The SMILES string of the molecule is OC(Cn1cnc2ccccc21)c1ccc(F)cc1F. The van der Waals surface area contributed by atoms with E-state index < -0.39 is 17.7 Å². The number of aromatic nitrogens is 2. The van der Waals surface area contributed by atoms with Crippen LogP contribution in [0.2, 0.25) is 0 Å². The molecule has 1 aromatic heterocycles. The molecular weight excluding hydrogens is 262 g/mol. The molecule has 3 rings (SSSR count). The first-order valence-electron chi connectivity index (χ1n) is 6.18. The van der Waals surface area contributed by atoms with Gasteiger partial charge in [0.25, 0.3) is 0 Å². The maximum Gasteiger partial charge on any atom is 0.131 e. The van der Waals surface area contributed by atoms with Gasteiger partial charge in [-0.05, 0) is 18.2 Å². The maximum absolute atomic E-state index is 13.6. The largest absolute Gasteiger partial charge is 0.386 e. The van der Waals surface area contributed by atoms with E-state index in [4.69, 9.17) is 0 Å². The first-order valence-corrected chi connectivity index (χ1v) is 6.18. The van der Waals surface area contributed by atoms with Crippen LogP contribution in [0, 0.1) is 11.6 Å². The van der Waals surface area contributed by atoms with E-state index in [-0.39, 0.29) is 12.1 Å². The summed E-state index contributed by atoms with van der Waals surface area (Å²) in [6, 6.07) is 10.6. The van der Waals surface area contributed by atoms with E-state index in [2.05, 4.69) is 4.98 Å². The lowest BCUT2D eigenvalue weighted by Gasteiger charge is -2.13. The van der Waals surface area contributed by atoms with E-state index in [0.717, 1.165) is 23.2 Å². The molecule has 0 saturated heterocycles. The van der Waals surface area contributed by atoms with E-state index in [1.165, 1.54) is 6.07 Å². The molecule has 1 atom stereocenters. The van der Waals surface area contributed by atoms with Crippen molar-refractivity contribution in [2.75, 3.05) is 0 Å². The molecule has 0 aliphatic rings. The van der Waals surface area contributed by atoms with Crippen LogP contribution < -0.4 is 0 Å². The minimum Gasteiger partial charge on any atom is -0.386 e. The maximum atomic E-state index is 13.6. The molecule has 3 aromatic rings. The number of aliphatic hydroxyl groups excluding tert-OH is 1. The van der Waals surface area contributed by atoms with Gasteiger partial charge >= 0.3 is 0 Å². The average molecular weight is 274 g/mol. The number of hydrogen-bond donors (Lipinski definition) is 1. The zero-order valence-corrected chi connectivity index (χ0v) is 10.5. The highest BCUT2D eigenvalue weighted by Gasteiger charge is 2.15. The third kappa shape index (κ3) is 2.28. The lowest BCUT2D eigenvalue weighted by atomic mass is 10.1. The third-order valence-electron chi connectivity index (χ3n) is 3.22. The summed E-state index contributed by atoms with van der Waals surface area (Å²) in [4.78, 5) is 4.20. The Labute approximate surface area is 114 Å². The zero-order chi connectivity index (χ0) is 14.1. The molecule has 5 heteroatoms. The van der Waals surface area contributed by atoms with Gasteiger partial charge in [0.05, 0.1) is 30.0 Å². The van der Waals surface area contributed by atoms with Crippen LogP contribution in [-0.2, 0) is 6.54 Å². The molecule has 3 nitrogen and oxygen atoms in total. The minimum absolute atomic E-state index is 0.0733. The second kappa shape index (κ2) is 5.02. The third-order valence-corrected chi connectivity index (χ3v) is 3.22. The van der Waals surface area contributed by atoms with Crippen molar-refractivity contribution in [1.29, 1.82) is 0 Å². The van der Waals surface area contributed by atoms with Crippen LogP contribution in [0.1, 0.15) is 11.7 Å². The molecule has 1 unspecified atom stereocenters. The van der Waals surface area contributed by atoms with Crippen LogP contribution in [0.5, 0.6) is 0 Å². The van der Waals surface area contributed by atoms with Gasteiger partial charge in [-0.3, -0.25) is 0 Å². The Morgan fingerprint density at radius 2 is 1.95 bits per heavy atom. The fourth-order valence-corrected chi connectivity index (χ4v) is 2.21. The van der Waals surface area contributed by atoms with Gasteiger partial charge in [-0.25, -0.2) is 13.8 Å². The molecule has 1 N–H and O–H groups in total. The lowest BCUT2D eigenvalue weighted by Crippen LogP contribution is -2.09. The molecule has 0 spiro atoms. The van der Waals surface area contributed by atoms with Crippen LogP contribution in [-0.4, -0.2) is 14.7 Å². The second-order valence-corrected chi connectivity index (χ2v) is 4.57. The highest BCUT2D eigenvalue weighted by molar-refractivity contribution is 5.74. The van der Waals surface area contributed by atoms with E-state index >= 15 is 0 Å². The fourth-order valence-electron chi connectivity index (χ4n) is 2.21. The molecule has 1 heterocycles. The number of benzene rings is 2. The van der Waals surface area contributed by atoms with Crippen molar-refractivity contribution in [2.45, 2.75) is 12.6 Å². The Morgan fingerprint density at radius 1 is 1.15 bits per heavy atom. The standard InChI is InChI=1S/C15H12F2N2O/c16-10-5-6-11(12(17)7-10)15(20)8-19-9-18-13-3-1-2-4-14(13)19/h1-7,9,15,20H,8H2. The van der Waals surface area contributed by atoms with Crippen molar-refractivity contribution < 1.29 is 13.9 Å². The molecule has 0 aliphatic carbocycles. The number of imidazole rings is 1. The van der Waals surface area contributed by atoms with Crippen molar-refractivity contribution in [3.63, 3.8) is 0 Å². The van der Waals surface area contributed by atoms with E-state index in [1.807, 2.05) is 24.3 Å². The molecule has 0 fully saturated rings. The Hall–Kier alpha value is -2.27. The highest BCUT2D eigenvalue weighted by Crippen LogP contribution is 2.21. The number of halogens is 2. The molecule has 2 aromatic carbocycles. The van der Waals surface area contributed by atoms with Gasteiger partial charge < -0.3 is 9.67 Å². The van der Waals surface area contributed by atoms with Gasteiger partial charge in [0.2, 0.25) is 0 Å². The van der Waals surface area contributed by atoms with Gasteiger partial charge in [-0.2, -0.15) is 0 Å². The predicted octanol–water partition coefficient (Wildman–Crippen LogP) is 3.05. The quantitative estimate of drug-likeness (QED) is 0.797. The Balaban J connectivity index is 1.90. The van der Waals surface area contributed by atoms with Crippen LogP contribution >= 0.6 is 0 Å². The summed E-state index contributed by atoms with van der Waals surface area (Å²) >= 11 is 0. The first kappa shape index (κ1) is 12.7. The van der Waals surface area contributed by atoms with Crippen LogP contribution in [0.25, 0.3) is 11.0 Å². The highest BCUT2D eigenvalue weighted by atomic mass is 19.1. The summed E-state index contributed by atoms with van der Waals surface area (Å²) in [5, 5.41) is 10.1. The minimum atomic E-state index is -1.06. The summed E-state index contributed by atoms with van der Waals surface area (Å²) in [5.41, 5.74) is 1.73. The number of nitrogens with zero attached hydrogens (tertiary/aromatic N) is 2. The van der Waals surface area contributed by atoms with Crippen molar-refractivity contribution in [1.82, 2.24) is 9.55 Å². The topological polar surface area (TPSA) is 38.0 Å². The van der Waals surface area contributed by atoms with Gasteiger partial charge in [0.15, 0.2) is 0 Å². The fraction of sp³-hybridized carbons (Fsp3) is 0.133. The molecule has 0 saturated carbocycles. The van der Waals surface area contributed by atoms with Gasteiger partial charge in [0, 0.05) is 11.6 Å². The van der Waals surface area contributed by atoms with Crippen molar-refractivity contribution in [3.8, 4) is 0 Å². The van der Waals surface area contributed by atoms with Crippen LogP contribution in [0.4, 0.5) is 8.78 Å². The Bertz CT molecular complexity index is 754. The molecule has 0 aliphatic heterocycles. The summed E-state index contributed by atoms with van der Waals surface area (Å²) in [6.07, 6.45) is 0.531. The number of hydrogen-bond acceptors (Lipinski definition) is 2. The number of rotatable bonds is 3. The first-order chi connectivity index (χ1) is 9.65. The van der Waals surface area contributed by atoms with Crippen molar-refractivity contribution >= 4 is 11.0 Å². The number of aliphatic hydroxyl groups is 1. The molecule has 20 heavy (non-hydrogen) atoms. The summed E-state index contributed by atoms with van der Waals surface area (Å²) < 4.78 is 28.2. The average Bonchev–Trinajstić information content (AvgIpc) is 2.82. The smallest absolute Gasteiger partial charge is 0.131 e. The Kier molecular flexibility index (Phi) is 3.20. The van der Waals surface area contributed by atoms with Crippen molar-refractivity contribution in [2.24, 2.45) is 0 Å². The molecule has 0 bridgehead atoms. The van der Waals surface area contributed by atoms with E-state index in [1.54, 1.807) is 10.9 Å². The monoisotopic (exact) mass is 274 g/mol. The summed E-state index contributed by atoms with van der Waals surface area (Å²) in [5.74, 6) is -1.41. The number of fused-ring (bicyclic) bond motifs is 1. The number of para-hydroxylation sites is 2. The van der Waals surface area contributed by atoms with Gasteiger partial charge in [-0.1, -0.05) is 18.2 Å². The van der Waals surface area contributed by atoms with Gasteiger partial charge in [-0.15, -0.1) is 0 Å². The lowest BCUT2D eigenvalue weighted by molar-refractivity contribution is 0.153. The van der Waals surface area contributed by atoms with Crippen LogP contribution in [0.15, 0.2) is 48.8 Å². The molecule has 0 radical (unpaired) electrons. The Morgan fingerprint density at radius 3 is 2.75 bits per heavy atom. The molecular formula is C15H12F2N2O. The molecule has 102 valence electrons. The summed E-state index contributed by atoms with van der Waals surface area (Å²) in [7, 11) is 0.